The van der Waals surface area contributed by atoms with Crippen LogP contribution in [0.2, 0.25) is 0 Å². The van der Waals surface area contributed by atoms with E-state index >= 15 is 0 Å². The highest BCUT2D eigenvalue weighted by molar-refractivity contribution is 5.44. The van der Waals surface area contributed by atoms with Gasteiger partial charge >= 0.3 is 0 Å². The second-order valence-corrected chi connectivity index (χ2v) is 5.62. The molecule has 2 rings (SSSR count). The van der Waals surface area contributed by atoms with Crippen molar-refractivity contribution >= 4 is 5.69 Å². The van der Waals surface area contributed by atoms with Crippen LogP contribution in [0, 0.1) is 11.7 Å². The van der Waals surface area contributed by atoms with E-state index in [0.717, 1.165) is 37.5 Å². The van der Waals surface area contributed by atoms with E-state index in [0.29, 0.717) is 6.04 Å². The van der Waals surface area contributed by atoms with Crippen molar-refractivity contribution in [3.8, 4) is 0 Å². The number of nitrogens with one attached hydrogen (secondary N) is 1. The Balaban J connectivity index is 1.80. The fourth-order valence-electron chi connectivity index (χ4n) is 2.59. The van der Waals surface area contributed by atoms with Gasteiger partial charge in [-0.25, -0.2) is 4.39 Å². The van der Waals surface area contributed by atoms with Crippen molar-refractivity contribution in [3.05, 3.63) is 30.1 Å². The van der Waals surface area contributed by atoms with Gasteiger partial charge in [0.05, 0.1) is 0 Å². The van der Waals surface area contributed by atoms with E-state index in [1.807, 2.05) is 6.07 Å². The molecule has 2 nitrogen and oxygen atoms in total. The van der Waals surface area contributed by atoms with E-state index in [1.165, 1.54) is 12.6 Å². The largest absolute Gasteiger partial charge is 0.382 e. The minimum Gasteiger partial charge on any atom is -0.382 e. The molecule has 0 unspecified atom stereocenters. The van der Waals surface area contributed by atoms with Crippen molar-refractivity contribution in [1.82, 2.24) is 4.90 Å². The number of hydrogen-bond acceptors (Lipinski definition) is 2. The smallest absolute Gasteiger partial charge is 0.125 e. The molecule has 1 fully saturated rings. The Hall–Kier alpha value is -1.09. The summed E-state index contributed by atoms with van der Waals surface area (Å²) in [6.07, 6.45) is 2.28. The molecule has 1 aliphatic rings. The SMILES string of the molecule is CC(C)CN1CCC(Nc2cccc(F)c2)CC1. The Kier molecular flexibility index (Phi) is 4.59. The van der Waals surface area contributed by atoms with Gasteiger partial charge in [0, 0.05) is 31.4 Å². The topological polar surface area (TPSA) is 15.3 Å². The number of hydrogen-bond donors (Lipinski definition) is 1. The zero-order valence-electron chi connectivity index (χ0n) is 11.3. The monoisotopic (exact) mass is 250 g/mol. The molecule has 1 heterocycles. The summed E-state index contributed by atoms with van der Waals surface area (Å²) in [6.45, 7) is 8.00. The maximum atomic E-state index is 13.1. The molecule has 100 valence electrons. The standard InChI is InChI=1S/C15H23FN2/c1-12(2)11-18-8-6-14(7-9-18)17-15-5-3-4-13(16)10-15/h3-5,10,12,14,17H,6-9,11H2,1-2H3. The van der Waals surface area contributed by atoms with E-state index in [-0.39, 0.29) is 5.82 Å². The second kappa shape index (κ2) is 6.19. The normalized spacial score (nSPS) is 18.2. The van der Waals surface area contributed by atoms with Gasteiger partial charge in [0.1, 0.15) is 5.82 Å². The van der Waals surface area contributed by atoms with Gasteiger partial charge in [-0.05, 0) is 37.0 Å². The molecular formula is C15H23FN2. The highest BCUT2D eigenvalue weighted by Gasteiger charge is 2.19. The molecule has 1 saturated heterocycles. The Morgan fingerprint density at radius 3 is 2.67 bits per heavy atom. The third-order valence-electron chi connectivity index (χ3n) is 3.41. The number of piperidine rings is 1. The van der Waals surface area contributed by atoms with Crippen LogP contribution in [0.25, 0.3) is 0 Å². The zero-order chi connectivity index (χ0) is 13.0. The Labute approximate surface area is 109 Å². The molecule has 0 saturated carbocycles. The molecule has 0 atom stereocenters. The van der Waals surface area contributed by atoms with Crippen molar-refractivity contribution in [1.29, 1.82) is 0 Å². The minimum atomic E-state index is -0.169. The third-order valence-corrected chi connectivity index (χ3v) is 3.41. The van der Waals surface area contributed by atoms with Crippen molar-refractivity contribution in [3.63, 3.8) is 0 Å². The van der Waals surface area contributed by atoms with Crippen LogP contribution in [-0.2, 0) is 0 Å². The summed E-state index contributed by atoms with van der Waals surface area (Å²) in [5, 5.41) is 3.43. The number of likely N-dealkylation sites (tertiary alicyclic amines) is 1. The molecule has 1 aromatic rings. The number of anilines is 1. The van der Waals surface area contributed by atoms with Crippen LogP contribution in [0.3, 0.4) is 0 Å². The van der Waals surface area contributed by atoms with Crippen molar-refractivity contribution in [2.75, 3.05) is 25.0 Å². The maximum absolute atomic E-state index is 13.1. The first-order valence-electron chi connectivity index (χ1n) is 6.88. The molecule has 1 N–H and O–H groups in total. The van der Waals surface area contributed by atoms with Crippen LogP contribution in [-0.4, -0.2) is 30.6 Å². The highest BCUT2D eigenvalue weighted by Crippen LogP contribution is 2.18. The average Bonchev–Trinajstić information content (AvgIpc) is 2.31. The lowest BCUT2D eigenvalue weighted by Gasteiger charge is -2.33. The predicted molar refractivity (Wildman–Crippen MR) is 74.3 cm³/mol. The minimum absolute atomic E-state index is 0.169. The Morgan fingerprint density at radius 2 is 2.06 bits per heavy atom. The molecular weight excluding hydrogens is 227 g/mol. The van der Waals surface area contributed by atoms with Gasteiger partial charge in [-0.15, -0.1) is 0 Å². The van der Waals surface area contributed by atoms with Gasteiger partial charge in [0.25, 0.3) is 0 Å². The summed E-state index contributed by atoms with van der Waals surface area (Å²) in [7, 11) is 0. The fourth-order valence-corrected chi connectivity index (χ4v) is 2.59. The number of benzene rings is 1. The van der Waals surface area contributed by atoms with Gasteiger partial charge in [-0.2, -0.15) is 0 Å². The van der Waals surface area contributed by atoms with E-state index in [9.17, 15) is 4.39 Å². The summed E-state index contributed by atoms with van der Waals surface area (Å²) in [5.41, 5.74) is 0.900. The second-order valence-electron chi connectivity index (χ2n) is 5.62. The van der Waals surface area contributed by atoms with Crippen LogP contribution in [0.5, 0.6) is 0 Å². The summed E-state index contributed by atoms with van der Waals surface area (Å²) in [6, 6.07) is 7.22. The van der Waals surface area contributed by atoms with E-state index in [1.54, 1.807) is 12.1 Å². The van der Waals surface area contributed by atoms with Gasteiger partial charge in [0.15, 0.2) is 0 Å². The molecule has 1 aliphatic heterocycles. The number of rotatable bonds is 4. The average molecular weight is 250 g/mol. The third kappa shape index (κ3) is 3.98. The molecule has 1 aromatic carbocycles. The van der Waals surface area contributed by atoms with E-state index < -0.39 is 0 Å². The molecule has 0 bridgehead atoms. The quantitative estimate of drug-likeness (QED) is 0.881. The first kappa shape index (κ1) is 13.3. The van der Waals surface area contributed by atoms with Crippen molar-refractivity contribution in [2.24, 2.45) is 5.92 Å². The highest BCUT2D eigenvalue weighted by atomic mass is 19.1. The fraction of sp³-hybridized carbons (Fsp3) is 0.600. The van der Waals surface area contributed by atoms with Gasteiger partial charge in [-0.3, -0.25) is 0 Å². The summed E-state index contributed by atoms with van der Waals surface area (Å²) in [5.74, 6) is 0.565. The Bertz CT molecular complexity index is 371. The number of halogens is 1. The Morgan fingerprint density at radius 1 is 1.33 bits per heavy atom. The van der Waals surface area contributed by atoms with E-state index in [4.69, 9.17) is 0 Å². The zero-order valence-corrected chi connectivity index (χ0v) is 11.3. The first-order chi connectivity index (χ1) is 8.63. The van der Waals surface area contributed by atoms with Crippen molar-refractivity contribution in [2.45, 2.75) is 32.7 Å². The lowest BCUT2D eigenvalue weighted by molar-refractivity contribution is 0.198. The molecule has 0 aromatic heterocycles. The van der Waals surface area contributed by atoms with Crippen LogP contribution >= 0.6 is 0 Å². The van der Waals surface area contributed by atoms with Crippen LogP contribution < -0.4 is 5.32 Å². The molecule has 18 heavy (non-hydrogen) atoms. The summed E-state index contributed by atoms with van der Waals surface area (Å²) in [4.78, 5) is 2.52. The van der Waals surface area contributed by atoms with Gasteiger partial charge in [-0.1, -0.05) is 19.9 Å². The lowest BCUT2D eigenvalue weighted by atomic mass is 10.0. The van der Waals surface area contributed by atoms with Crippen LogP contribution in [0.4, 0.5) is 10.1 Å². The summed E-state index contributed by atoms with van der Waals surface area (Å²) < 4.78 is 13.1. The molecule has 0 amide bonds. The summed E-state index contributed by atoms with van der Waals surface area (Å²) >= 11 is 0. The molecule has 3 heteroatoms. The molecule has 0 spiro atoms. The van der Waals surface area contributed by atoms with Gasteiger partial charge < -0.3 is 10.2 Å². The molecule has 0 radical (unpaired) electrons. The lowest BCUT2D eigenvalue weighted by Crippen LogP contribution is -2.40. The van der Waals surface area contributed by atoms with E-state index in [2.05, 4.69) is 24.1 Å². The van der Waals surface area contributed by atoms with Crippen molar-refractivity contribution < 1.29 is 4.39 Å². The first-order valence-corrected chi connectivity index (χ1v) is 6.88. The van der Waals surface area contributed by atoms with Crippen LogP contribution in [0.1, 0.15) is 26.7 Å². The maximum Gasteiger partial charge on any atom is 0.125 e. The molecule has 0 aliphatic carbocycles. The number of nitrogens with zero attached hydrogens (tertiary/aromatic N) is 1. The van der Waals surface area contributed by atoms with Gasteiger partial charge in [0.2, 0.25) is 0 Å². The van der Waals surface area contributed by atoms with Crippen LogP contribution in [0.15, 0.2) is 24.3 Å². The predicted octanol–water partition coefficient (Wildman–Crippen LogP) is 3.36.